The van der Waals surface area contributed by atoms with Gasteiger partial charge in [0.05, 0.1) is 23.1 Å². The number of carbonyl (C=O) groups excluding carboxylic acids is 2. The number of likely N-dealkylation sites (tertiary alicyclic amines) is 1. The van der Waals surface area contributed by atoms with E-state index in [4.69, 9.17) is 0 Å². The van der Waals surface area contributed by atoms with Gasteiger partial charge in [-0.25, -0.2) is 9.07 Å². The molecule has 148 valence electrons. The zero-order chi connectivity index (χ0) is 20.4. The van der Waals surface area contributed by atoms with Crippen molar-refractivity contribution in [3.63, 3.8) is 0 Å². The van der Waals surface area contributed by atoms with Gasteiger partial charge in [0.1, 0.15) is 5.82 Å². The number of piperidine rings is 1. The Kier molecular flexibility index (Phi) is 5.25. The van der Waals surface area contributed by atoms with Crippen molar-refractivity contribution in [2.75, 3.05) is 13.1 Å². The van der Waals surface area contributed by atoms with Crippen LogP contribution < -0.4 is 0 Å². The van der Waals surface area contributed by atoms with E-state index in [0.717, 1.165) is 5.56 Å². The van der Waals surface area contributed by atoms with Crippen LogP contribution in [0.25, 0.3) is 5.69 Å². The fourth-order valence-electron chi connectivity index (χ4n) is 3.82. The van der Waals surface area contributed by atoms with Gasteiger partial charge in [-0.05, 0) is 44.0 Å². The molecule has 1 aliphatic rings. The number of hydrogen-bond donors (Lipinski definition) is 0. The molecular weight excluding hydrogens is 369 g/mol. The average Bonchev–Trinajstić information content (AvgIpc) is 3.15. The third-order valence-electron chi connectivity index (χ3n) is 5.52. The number of halogens is 1. The van der Waals surface area contributed by atoms with Crippen molar-refractivity contribution in [1.29, 1.82) is 0 Å². The molecule has 1 amide bonds. The summed E-state index contributed by atoms with van der Waals surface area (Å²) < 4.78 is 14.8. The molecule has 4 rings (SSSR count). The van der Waals surface area contributed by atoms with E-state index in [-0.39, 0.29) is 23.4 Å². The van der Waals surface area contributed by atoms with Crippen LogP contribution >= 0.6 is 0 Å². The summed E-state index contributed by atoms with van der Waals surface area (Å²) >= 11 is 0. The van der Waals surface area contributed by atoms with Crippen LogP contribution in [0.4, 0.5) is 4.39 Å². The minimum absolute atomic E-state index is 0.0514. The number of nitrogens with zero attached hydrogens (tertiary/aromatic N) is 3. The molecule has 3 aromatic rings. The number of carbonyl (C=O) groups is 2. The minimum Gasteiger partial charge on any atom is -0.338 e. The first-order valence-corrected chi connectivity index (χ1v) is 9.73. The van der Waals surface area contributed by atoms with Crippen LogP contribution in [0.15, 0.2) is 60.8 Å². The van der Waals surface area contributed by atoms with E-state index >= 15 is 0 Å². The normalized spacial score (nSPS) is 14.8. The molecule has 1 aromatic heterocycles. The van der Waals surface area contributed by atoms with E-state index in [1.165, 1.54) is 12.1 Å². The molecule has 0 saturated carbocycles. The highest BCUT2D eigenvalue weighted by Gasteiger charge is 2.29. The van der Waals surface area contributed by atoms with E-state index in [9.17, 15) is 14.0 Å². The number of Topliss-reactive ketones (excluding diaryl/α,β-unsaturated/α-hetero) is 1. The number of benzene rings is 2. The second kappa shape index (κ2) is 7.99. The quantitative estimate of drug-likeness (QED) is 0.631. The topological polar surface area (TPSA) is 55.2 Å². The largest absolute Gasteiger partial charge is 0.338 e. The SMILES string of the molecule is Cc1c(C(=O)N2CCC(C(=O)c3ccccc3)CC2)cnn1-c1ccc(F)cc1. The summed E-state index contributed by atoms with van der Waals surface area (Å²) in [5.41, 5.74) is 2.68. The third-order valence-corrected chi connectivity index (χ3v) is 5.52. The predicted molar refractivity (Wildman–Crippen MR) is 108 cm³/mol. The second-order valence-electron chi connectivity index (χ2n) is 7.33. The zero-order valence-corrected chi connectivity index (χ0v) is 16.2. The lowest BCUT2D eigenvalue weighted by Gasteiger charge is -2.31. The number of aromatic nitrogens is 2. The molecule has 1 fully saturated rings. The molecule has 1 aliphatic heterocycles. The van der Waals surface area contributed by atoms with Gasteiger partial charge in [-0.2, -0.15) is 5.10 Å². The molecule has 6 heteroatoms. The number of rotatable bonds is 4. The number of hydrogen-bond acceptors (Lipinski definition) is 3. The van der Waals surface area contributed by atoms with Gasteiger partial charge >= 0.3 is 0 Å². The summed E-state index contributed by atoms with van der Waals surface area (Å²) in [4.78, 5) is 27.4. The Balaban J connectivity index is 1.44. The van der Waals surface area contributed by atoms with Gasteiger partial charge in [-0.1, -0.05) is 30.3 Å². The van der Waals surface area contributed by atoms with Gasteiger partial charge in [0.2, 0.25) is 0 Å². The van der Waals surface area contributed by atoms with E-state index in [1.54, 1.807) is 27.9 Å². The Morgan fingerprint density at radius 3 is 2.31 bits per heavy atom. The van der Waals surface area contributed by atoms with Crippen molar-refractivity contribution in [1.82, 2.24) is 14.7 Å². The predicted octanol–water partition coefficient (Wildman–Crippen LogP) is 4.05. The van der Waals surface area contributed by atoms with Crippen molar-refractivity contribution >= 4 is 11.7 Å². The highest BCUT2D eigenvalue weighted by molar-refractivity contribution is 5.98. The molecule has 0 unspecified atom stereocenters. The Bertz CT molecular complexity index is 1020. The fraction of sp³-hybridized carbons (Fsp3) is 0.261. The highest BCUT2D eigenvalue weighted by atomic mass is 19.1. The molecule has 29 heavy (non-hydrogen) atoms. The molecule has 0 bridgehead atoms. The first-order valence-electron chi connectivity index (χ1n) is 9.73. The highest BCUT2D eigenvalue weighted by Crippen LogP contribution is 2.24. The molecule has 0 radical (unpaired) electrons. The van der Waals surface area contributed by atoms with Gasteiger partial charge in [-0.3, -0.25) is 9.59 Å². The van der Waals surface area contributed by atoms with Crippen molar-refractivity contribution in [3.8, 4) is 5.69 Å². The first kappa shape index (κ1) is 19.1. The Morgan fingerprint density at radius 1 is 1.00 bits per heavy atom. The van der Waals surface area contributed by atoms with Crippen LogP contribution in [0.3, 0.4) is 0 Å². The number of amides is 1. The van der Waals surface area contributed by atoms with E-state index in [2.05, 4.69) is 5.10 Å². The Hall–Kier alpha value is -3.28. The maximum absolute atomic E-state index is 13.2. The summed E-state index contributed by atoms with van der Waals surface area (Å²) in [6.07, 6.45) is 2.87. The molecule has 0 N–H and O–H groups in total. The molecule has 0 spiro atoms. The fourth-order valence-corrected chi connectivity index (χ4v) is 3.82. The monoisotopic (exact) mass is 391 g/mol. The lowest BCUT2D eigenvalue weighted by molar-refractivity contribution is 0.0649. The van der Waals surface area contributed by atoms with Crippen molar-refractivity contribution in [3.05, 3.63) is 83.4 Å². The van der Waals surface area contributed by atoms with Gasteiger partial charge in [0.25, 0.3) is 5.91 Å². The third kappa shape index (κ3) is 3.83. The van der Waals surface area contributed by atoms with E-state index < -0.39 is 0 Å². The molecule has 0 atom stereocenters. The summed E-state index contributed by atoms with van der Waals surface area (Å²) in [6, 6.07) is 15.3. The summed E-state index contributed by atoms with van der Waals surface area (Å²) in [6.45, 7) is 2.92. The van der Waals surface area contributed by atoms with Gasteiger partial charge in [-0.15, -0.1) is 0 Å². The molecule has 5 nitrogen and oxygen atoms in total. The minimum atomic E-state index is -0.317. The van der Waals surface area contributed by atoms with E-state index in [1.807, 2.05) is 37.3 Å². The van der Waals surface area contributed by atoms with Gasteiger partial charge < -0.3 is 4.90 Å². The van der Waals surface area contributed by atoms with Crippen molar-refractivity contribution in [2.45, 2.75) is 19.8 Å². The van der Waals surface area contributed by atoms with Gasteiger partial charge in [0, 0.05) is 24.6 Å². The summed E-state index contributed by atoms with van der Waals surface area (Å²) in [5.74, 6) is -0.299. The van der Waals surface area contributed by atoms with Crippen LogP contribution in [-0.4, -0.2) is 39.5 Å². The van der Waals surface area contributed by atoms with E-state index in [0.29, 0.717) is 42.9 Å². The molecule has 2 aromatic carbocycles. The maximum atomic E-state index is 13.2. The maximum Gasteiger partial charge on any atom is 0.257 e. The van der Waals surface area contributed by atoms with Crippen LogP contribution in [0, 0.1) is 18.7 Å². The molecule has 0 aliphatic carbocycles. The molecule has 2 heterocycles. The second-order valence-corrected chi connectivity index (χ2v) is 7.33. The van der Waals surface area contributed by atoms with Crippen molar-refractivity contribution < 1.29 is 14.0 Å². The lowest BCUT2D eigenvalue weighted by Crippen LogP contribution is -2.40. The standard InChI is InChI=1S/C23H22FN3O2/c1-16-21(15-25-27(16)20-9-7-19(24)8-10-20)23(29)26-13-11-18(12-14-26)22(28)17-5-3-2-4-6-17/h2-10,15,18H,11-14H2,1H3. The van der Waals surface area contributed by atoms with Gasteiger partial charge in [0.15, 0.2) is 5.78 Å². The molecule has 1 saturated heterocycles. The van der Waals surface area contributed by atoms with Crippen LogP contribution in [0.2, 0.25) is 0 Å². The van der Waals surface area contributed by atoms with Crippen LogP contribution in [0.1, 0.15) is 39.3 Å². The summed E-state index contributed by atoms with van der Waals surface area (Å²) in [5, 5.41) is 4.31. The van der Waals surface area contributed by atoms with Crippen LogP contribution in [-0.2, 0) is 0 Å². The van der Waals surface area contributed by atoms with Crippen molar-refractivity contribution in [2.24, 2.45) is 5.92 Å². The molecular formula is C23H22FN3O2. The Labute approximate surface area is 168 Å². The van der Waals surface area contributed by atoms with Crippen LogP contribution in [0.5, 0.6) is 0 Å². The lowest BCUT2D eigenvalue weighted by atomic mass is 9.88. The Morgan fingerprint density at radius 2 is 1.66 bits per heavy atom. The number of ketones is 1. The summed E-state index contributed by atoms with van der Waals surface area (Å²) in [7, 11) is 0. The first-order chi connectivity index (χ1) is 14.0. The zero-order valence-electron chi connectivity index (χ0n) is 16.2. The average molecular weight is 391 g/mol. The smallest absolute Gasteiger partial charge is 0.257 e.